The van der Waals surface area contributed by atoms with E-state index in [2.05, 4.69) is 15.4 Å². The zero-order valence-electron chi connectivity index (χ0n) is 19.8. The van der Waals surface area contributed by atoms with Crippen molar-refractivity contribution in [2.24, 2.45) is 7.05 Å². The van der Waals surface area contributed by atoms with E-state index in [0.29, 0.717) is 49.9 Å². The second-order valence-corrected chi connectivity index (χ2v) is 8.99. The van der Waals surface area contributed by atoms with Gasteiger partial charge in [-0.2, -0.15) is 9.78 Å². The molecule has 0 saturated carbocycles. The molecule has 2 aliphatic heterocycles. The summed E-state index contributed by atoms with van der Waals surface area (Å²) in [6.45, 7) is 2.67. The molecular formula is C23H25FN6O6. The van der Waals surface area contributed by atoms with Gasteiger partial charge in [0.15, 0.2) is 5.69 Å². The summed E-state index contributed by atoms with van der Waals surface area (Å²) in [5.74, 6) is -1.36. The van der Waals surface area contributed by atoms with Gasteiger partial charge in [-0.05, 0) is 31.4 Å². The van der Waals surface area contributed by atoms with E-state index >= 15 is 0 Å². The number of ether oxygens (including phenoxy) is 2. The van der Waals surface area contributed by atoms with Crippen LogP contribution in [0.3, 0.4) is 0 Å². The van der Waals surface area contributed by atoms with Crippen LogP contribution in [-0.4, -0.2) is 54.7 Å². The molecule has 2 N–H and O–H groups in total. The summed E-state index contributed by atoms with van der Waals surface area (Å²) in [4.78, 5) is 42.9. The third kappa shape index (κ3) is 3.89. The fourth-order valence-corrected chi connectivity index (χ4v) is 4.59. The first-order valence-corrected chi connectivity index (χ1v) is 11.4. The first-order chi connectivity index (χ1) is 17.2. The molecule has 3 aromatic rings. The van der Waals surface area contributed by atoms with Crippen molar-refractivity contribution >= 4 is 5.91 Å². The summed E-state index contributed by atoms with van der Waals surface area (Å²) in [6.07, 6.45) is 1.12. The van der Waals surface area contributed by atoms with Crippen LogP contribution in [0.25, 0.3) is 5.69 Å². The number of amides is 1. The minimum atomic E-state index is -0.792. The molecule has 1 fully saturated rings. The van der Waals surface area contributed by atoms with Crippen LogP contribution < -0.4 is 16.6 Å². The van der Waals surface area contributed by atoms with Crippen LogP contribution >= 0.6 is 0 Å². The largest absolute Gasteiger partial charge is 0.501 e. The number of carbonyl (C=O) groups excluding carboxylic acids is 1. The summed E-state index contributed by atoms with van der Waals surface area (Å²) >= 11 is 0. The molecule has 0 unspecified atom stereocenters. The summed E-state index contributed by atoms with van der Waals surface area (Å²) in [5, 5.41) is 17.3. The highest BCUT2D eigenvalue weighted by Gasteiger charge is 2.42. The van der Waals surface area contributed by atoms with E-state index in [1.54, 1.807) is 14.0 Å². The van der Waals surface area contributed by atoms with Crippen LogP contribution in [0.1, 0.15) is 40.5 Å². The van der Waals surface area contributed by atoms with Crippen LogP contribution in [0.2, 0.25) is 0 Å². The summed E-state index contributed by atoms with van der Waals surface area (Å²) in [5.41, 5.74) is -1.70. The topological polar surface area (TPSA) is 143 Å². The van der Waals surface area contributed by atoms with Gasteiger partial charge in [-0.1, -0.05) is 6.07 Å². The fourth-order valence-electron chi connectivity index (χ4n) is 4.59. The van der Waals surface area contributed by atoms with Gasteiger partial charge < -0.3 is 19.9 Å². The second-order valence-electron chi connectivity index (χ2n) is 8.99. The molecule has 2 aromatic heterocycles. The van der Waals surface area contributed by atoms with Crippen LogP contribution in [0.5, 0.6) is 5.75 Å². The number of hydrogen-bond acceptors (Lipinski definition) is 8. The predicted octanol–water partition coefficient (Wildman–Crippen LogP) is 0.247. The molecule has 0 atom stereocenters. The van der Waals surface area contributed by atoms with Gasteiger partial charge in [0.2, 0.25) is 5.75 Å². The number of nitrogens with one attached hydrogen (secondary N) is 1. The minimum absolute atomic E-state index is 0.0730. The summed E-state index contributed by atoms with van der Waals surface area (Å²) < 4.78 is 28.7. The zero-order chi connectivity index (χ0) is 25.6. The van der Waals surface area contributed by atoms with E-state index in [0.717, 1.165) is 10.7 Å². The highest BCUT2D eigenvalue weighted by Crippen LogP contribution is 2.36. The van der Waals surface area contributed by atoms with Crippen LogP contribution in [-0.2, 0) is 35.2 Å². The van der Waals surface area contributed by atoms with E-state index in [1.165, 1.54) is 21.3 Å². The number of rotatable bonds is 4. The maximum atomic E-state index is 14.0. The van der Waals surface area contributed by atoms with Crippen molar-refractivity contribution < 1.29 is 23.8 Å². The Morgan fingerprint density at radius 3 is 2.69 bits per heavy atom. The molecule has 5 rings (SSSR count). The lowest BCUT2D eigenvalue weighted by atomic mass is 9.79. The van der Waals surface area contributed by atoms with Crippen molar-refractivity contribution in [2.45, 2.75) is 38.5 Å². The first kappa shape index (κ1) is 23.9. The van der Waals surface area contributed by atoms with Crippen molar-refractivity contribution in [1.29, 1.82) is 0 Å². The van der Waals surface area contributed by atoms with Gasteiger partial charge in [0.25, 0.3) is 11.5 Å². The van der Waals surface area contributed by atoms with Gasteiger partial charge >= 0.3 is 5.69 Å². The van der Waals surface area contributed by atoms with E-state index in [-0.39, 0.29) is 19.0 Å². The lowest BCUT2D eigenvalue weighted by Gasteiger charge is -2.40. The average molecular weight is 500 g/mol. The van der Waals surface area contributed by atoms with Crippen molar-refractivity contribution in [2.75, 3.05) is 19.8 Å². The Labute approximate surface area is 203 Å². The van der Waals surface area contributed by atoms with E-state index in [1.807, 2.05) is 0 Å². The summed E-state index contributed by atoms with van der Waals surface area (Å²) in [7, 11) is 1.54. The van der Waals surface area contributed by atoms with Crippen molar-refractivity contribution in [3.05, 3.63) is 67.8 Å². The molecule has 190 valence electrons. The second kappa shape index (κ2) is 8.99. The quantitative estimate of drug-likeness (QED) is 0.519. The lowest BCUT2D eigenvalue weighted by molar-refractivity contribution is -0.0505. The Morgan fingerprint density at radius 2 is 2.00 bits per heavy atom. The Kier molecular flexibility index (Phi) is 5.96. The number of benzene rings is 1. The number of fused-ring (bicyclic) bond motifs is 2. The normalized spacial score (nSPS) is 16.6. The number of carbonyl (C=O) groups is 1. The molecule has 12 nitrogen and oxygen atoms in total. The third-order valence-corrected chi connectivity index (χ3v) is 6.80. The number of hydrogen-bond donors (Lipinski definition) is 2. The molecule has 2 aliphatic rings. The minimum Gasteiger partial charge on any atom is -0.501 e. The number of aromatic nitrogens is 5. The highest BCUT2D eigenvalue weighted by atomic mass is 19.1. The van der Waals surface area contributed by atoms with Gasteiger partial charge in [0.05, 0.1) is 17.7 Å². The average Bonchev–Trinajstić information content (AvgIpc) is 3.13. The number of nitrogens with zero attached hydrogens (tertiary/aromatic N) is 5. The molecule has 1 spiro atoms. The molecular weight excluding hydrogens is 475 g/mol. The van der Waals surface area contributed by atoms with Gasteiger partial charge in [0.1, 0.15) is 24.2 Å². The van der Waals surface area contributed by atoms with Gasteiger partial charge in [0, 0.05) is 32.9 Å². The monoisotopic (exact) mass is 500 g/mol. The van der Waals surface area contributed by atoms with Crippen molar-refractivity contribution in [3.63, 3.8) is 0 Å². The van der Waals surface area contributed by atoms with E-state index < -0.39 is 39.8 Å². The Balaban J connectivity index is 1.47. The van der Waals surface area contributed by atoms with Crippen LogP contribution in [0.15, 0.2) is 27.8 Å². The predicted molar refractivity (Wildman–Crippen MR) is 123 cm³/mol. The lowest BCUT2D eigenvalue weighted by Crippen LogP contribution is -2.48. The van der Waals surface area contributed by atoms with Gasteiger partial charge in [-0.25, -0.2) is 14.2 Å². The number of halogens is 1. The van der Waals surface area contributed by atoms with Crippen LogP contribution in [0.4, 0.5) is 4.39 Å². The third-order valence-electron chi connectivity index (χ3n) is 6.80. The molecule has 1 aromatic carbocycles. The van der Waals surface area contributed by atoms with Gasteiger partial charge in [-0.3, -0.25) is 18.7 Å². The SMILES string of the molecule is Cc1nn(-c2cc(F)ccc2CNC(=O)c2nc3n(c(=O)c2O)COCC32CCOCC2)c(=O)n1C. The van der Waals surface area contributed by atoms with Crippen molar-refractivity contribution in [1.82, 2.24) is 29.2 Å². The Hall–Kier alpha value is -3.84. The number of aryl methyl sites for hydroxylation is 1. The maximum absolute atomic E-state index is 14.0. The summed E-state index contributed by atoms with van der Waals surface area (Å²) in [6, 6.07) is 3.76. The molecule has 36 heavy (non-hydrogen) atoms. The zero-order valence-corrected chi connectivity index (χ0v) is 19.8. The standard InChI is InChI=1S/C23H25FN6O6/c1-13-27-30(22(34)28(13)2)16-9-15(24)4-3-14(16)10-25-19(32)17-18(31)20(33)29-12-36-11-23(21(29)26-17)5-7-35-8-6-23/h3-4,9,31H,5-8,10-12H2,1-2H3,(H,25,32). The molecule has 0 bridgehead atoms. The van der Waals surface area contributed by atoms with E-state index in [4.69, 9.17) is 9.47 Å². The molecule has 1 amide bonds. The fraction of sp³-hybridized carbons (Fsp3) is 0.435. The van der Waals surface area contributed by atoms with Gasteiger partial charge in [-0.15, -0.1) is 0 Å². The molecule has 4 heterocycles. The number of aromatic hydroxyl groups is 1. The van der Waals surface area contributed by atoms with Crippen LogP contribution in [0, 0.1) is 12.7 Å². The molecule has 1 saturated heterocycles. The smallest absolute Gasteiger partial charge is 0.350 e. The Bertz CT molecular complexity index is 1470. The molecule has 0 radical (unpaired) electrons. The highest BCUT2D eigenvalue weighted by molar-refractivity contribution is 5.94. The Morgan fingerprint density at radius 1 is 1.25 bits per heavy atom. The molecule has 0 aliphatic carbocycles. The molecule has 13 heteroatoms. The first-order valence-electron chi connectivity index (χ1n) is 11.4. The van der Waals surface area contributed by atoms with Crippen molar-refractivity contribution in [3.8, 4) is 11.4 Å². The maximum Gasteiger partial charge on any atom is 0.350 e. The van der Waals surface area contributed by atoms with E-state index in [9.17, 15) is 23.9 Å².